The van der Waals surface area contributed by atoms with Gasteiger partial charge in [-0.05, 0) is 25.2 Å². The van der Waals surface area contributed by atoms with E-state index in [4.69, 9.17) is 10.9 Å². The molecule has 0 radical (unpaired) electrons. The molecule has 1 rings (SSSR count). The number of sulfonamides is 1. The summed E-state index contributed by atoms with van der Waals surface area (Å²) in [6, 6.07) is 4.77. The molecule has 0 aromatic heterocycles. The van der Waals surface area contributed by atoms with Crippen molar-refractivity contribution in [1.82, 2.24) is 4.90 Å². The first-order valence-corrected chi connectivity index (χ1v) is 7.82. The van der Waals surface area contributed by atoms with Crippen molar-refractivity contribution in [2.45, 2.75) is 18.7 Å². The van der Waals surface area contributed by atoms with Crippen LogP contribution >= 0.6 is 0 Å². The number of nitrogens with zero attached hydrogens (tertiary/aromatic N) is 1. The number of para-hydroxylation sites is 1. The lowest BCUT2D eigenvalue weighted by molar-refractivity contribution is 0.316. The number of benzene rings is 1. The van der Waals surface area contributed by atoms with Gasteiger partial charge in [-0.25, -0.2) is 13.6 Å². The third-order valence-electron chi connectivity index (χ3n) is 3.01. The molecule has 0 aliphatic rings. The average Bonchev–Trinajstić information content (AvgIpc) is 2.35. The molecule has 0 bridgehead atoms. The number of likely N-dealkylation sites (N-methyl/N-ethyl adjacent to an activating group) is 1. The molecule has 0 unspecified atom stereocenters. The van der Waals surface area contributed by atoms with Gasteiger partial charge >= 0.3 is 0 Å². The van der Waals surface area contributed by atoms with Crippen LogP contribution < -0.4 is 16.2 Å². The third kappa shape index (κ3) is 4.38. The zero-order valence-electron chi connectivity index (χ0n) is 11.4. The summed E-state index contributed by atoms with van der Waals surface area (Å²) in [6.07, 6.45) is 0. The standard InChI is InChI=1S/C12H22N4O2S/c1-3-16(4-2)9-8-15-10-6-5-7-11(12(10)13)19(14,17)18/h5-7,15H,3-4,8-9,13H2,1-2H3,(H2,14,17,18). The van der Waals surface area contributed by atoms with Crippen LogP contribution in [0.2, 0.25) is 0 Å². The minimum atomic E-state index is -3.78. The average molecular weight is 286 g/mol. The molecule has 0 amide bonds. The Morgan fingerprint density at radius 3 is 2.42 bits per heavy atom. The van der Waals surface area contributed by atoms with Crippen LogP contribution in [0.25, 0.3) is 0 Å². The normalized spacial score (nSPS) is 11.8. The molecular weight excluding hydrogens is 264 g/mol. The van der Waals surface area contributed by atoms with Crippen molar-refractivity contribution in [2.75, 3.05) is 37.2 Å². The molecule has 0 spiro atoms. The van der Waals surface area contributed by atoms with E-state index in [1.54, 1.807) is 12.1 Å². The second-order valence-electron chi connectivity index (χ2n) is 4.22. The number of primary sulfonamides is 1. The van der Waals surface area contributed by atoms with Crippen LogP contribution in [-0.2, 0) is 10.0 Å². The maximum absolute atomic E-state index is 11.3. The highest BCUT2D eigenvalue weighted by molar-refractivity contribution is 7.89. The predicted molar refractivity (Wildman–Crippen MR) is 78.5 cm³/mol. The molecule has 0 heterocycles. The summed E-state index contributed by atoms with van der Waals surface area (Å²) in [5, 5.41) is 8.24. The zero-order valence-corrected chi connectivity index (χ0v) is 12.2. The second kappa shape index (κ2) is 6.74. The highest BCUT2D eigenvalue weighted by Crippen LogP contribution is 2.25. The van der Waals surface area contributed by atoms with Crippen LogP contribution in [0.1, 0.15) is 13.8 Å². The van der Waals surface area contributed by atoms with Gasteiger partial charge < -0.3 is 16.0 Å². The Hall–Kier alpha value is -1.31. The van der Waals surface area contributed by atoms with E-state index >= 15 is 0 Å². The summed E-state index contributed by atoms with van der Waals surface area (Å²) in [5.41, 5.74) is 6.58. The zero-order chi connectivity index (χ0) is 14.5. The minimum absolute atomic E-state index is 0.0414. The molecule has 108 valence electrons. The summed E-state index contributed by atoms with van der Waals surface area (Å²) >= 11 is 0. The molecular formula is C12H22N4O2S. The van der Waals surface area contributed by atoms with Gasteiger partial charge in [-0.15, -0.1) is 0 Å². The molecule has 0 atom stereocenters. The van der Waals surface area contributed by atoms with Gasteiger partial charge in [0.15, 0.2) is 0 Å². The van der Waals surface area contributed by atoms with Crippen LogP contribution in [0.4, 0.5) is 11.4 Å². The summed E-state index contributed by atoms with van der Waals surface area (Å²) in [6.45, 7) is 7.71. The smallest absolute Gasteiger partial charge is 0.240 e. The van der Waals surface area contributed by atoms with Crippen LogP contribution in [-0.4, -0.2) is 39.5 Å². The van der Waals surface area contributed by atoms with Crippen molar-refractivity contribution in [1.29, 1.82) is 0 Å². The van der Waals surface area contributed by atoms with Crippen LogP contribution in [0.15, 0.2) is 23.1 Å². The molecule has 1 aromatic rings. The highest BCUT2D eigenvalue weighted by atomic mass is 32.2. The van der Waals surface area contributed by atoms with Crippen molar-refractivity contribution in [3.05, 3.63) is 18.2 Å². The number of hydrogen-bond acceptors (Lipinski definition) is 5. The Kier molecular flexibility index (Phi) is 5.59. The molecule has 0 aliphatic carbocycles. The first-order valence-electron chi connectivity index (χ1n) is 6.27. The molecule has 0 fully saturated rings. The predicted octanol–water partition coefficient (Wildman–Crippen LogP) is 0.670. The number of nitrogens with two attached hydrogens (primary N) is 2. The van der Waals surface area contributed by atoms with Gasteiger partial charge in [0.05, 0.1) is 11.4 Å². The van der Waals surface area contributed by atoms with Gasteiger partial charge in [0.1, 0.15) is 4.90 Å². The molecule has 7 heteroatoms. The van der Waals surface area contributed by atoms with E-state index < -0.39 is 10.0 Å². The van der Waals surface area contributed by atoms with Crippen molar-refractivity contribution >= 4 is 21.4 Å². The number of rotatable bonds is 7. The molecule has 0 aliphatic heterocycles. The lowest BCUT2D eigenvalue weighted by Crippen LogP contribution is -2.28. The Bertz CT molecular complexity index is 512. The topological polar surface area (TPSA) is 101 Å². The van der Waals surface area contributed by atoms with E-state index in [1.165, 1.54) is 6.07 Å². The summed E-state index contributed by atoms with van der Waals surface area (Å²) < 4.78 is 22.7. The lowest BCUT2D eigenvalue weighted by atomic mass is 10.2. The molecule has 1 aromatic carbocycles. The number of anilines is 2. The quantitative estimate of drug-likeness (QED) is 0.639. The molecule has 5 N–H and O–H groups in total. The SMILES string of the molecule is CCN(CC)CCNc1cccc(S(N)(=O)=O)c1N. The van der Waals surface area contributed by atoms with E-state index in [0.717, 1.165) is 19.6 Å². The fourth-order valence-electron chi connectivity index (χ4n) is 1.83. The highest BCUT2D eigenvalue weighted by Gasteiger charge is 2.14. The van der Waals surface area contributed by atoms with Crippen molar-refractivity contribution in [3.63, 3.8) is 0 Å². The molecule has 0 saturated heterocycles. The van der Waals surface area contributed by atoms with Gasteiger partial charge in [0, 0.05) is 13.1 Å². The van der Waals surface area contributed by atoms with Gasteiger partial charge in [-0.3, -0.25) is 0 Å². The number of hydrogen-bond donors (Lipinski definition) is 3. The van der Waals surface area contributed by atoms with Crippen molar-refractivity contribution in [2.24, 2.45) is 5.14 Å². The largest absolute Gasteiger partial charge is 0.396 e. The van der Waals surface area contributed by atoms with Gasteiger partial charge in [0.25, 0.3) is 0 Å². The van der Waals surface area contributed by atoms with Crippen LogP contribution in [0.3, 0.4) is 0 Å². The van der Waals surface area contributed by atoms with Crippen LogP contribution in [0, 0.1) is 0 Å². The summed E-state index contributed by atoms with van der Waals surface area (Å²) in [5.74, 6) is 0. The Morgan fingerprint density at radius 2 is 1.89 bits per heavy atom. The number of nitrogen functional groups attached to an aromatic ring is 1. The van der Waals surface area contributed by atoms with Crippen molar-refractivity contribution < 1.29 is 8.42 Å². The lowest BCUT2D eigenvalue weighted by Gasteiger charge is -2.19. The number of nitrogens with one attached hydrogen (secondary N) is 1. The monoisotopic (exact) mass is 286 g/mol. The van der Waals surface area contributed by atoms with E-state index in [0.29, 0.717) is 12.2 Å². The third-order valence-corrected chi connectivity index (χ3v) is 3.98. The molecule has 0 saturated carbocycles. The van der Waals surface area contributed by atoms with Gasteiger partial charge in [-0.2, -0.15) is 0 Å². The van der Waals surface area contributed by atoms with E-state index in [1.807, 2.05) is 0 Å². The Labute approximate surface area is 114 Å². The Balaban J connectivity index is 2.75. The Morgan fingerprint density at radius 1 is 1.26 bits per heavy atom. The van der Waals surface area contributed by atoms with Gasteiger partial charge in [-0.1, -0.05) is 19.9 Å². The maximum atomic E-state index is 11.3. The first kappa shape index (κ1) is 15.7. The van der Waals surface area contributed by atoms with Crippen LogP contribution in [0.5, 0.6) is 0 Å². The van der Waals surface area contributed by atoms with E-state index in [2.05, 4.69) is 24.1 Å². The second-order valence-corrected chi connectivity index (χ2v) is 5.75. The summed E-state index contributed by atoms with van der Waals surface area (Å²) in [7, 11) is -3.78. The fraction of sp³-hybridized carbons (Fsp3) is 0.500. The van der Waals surface area contributed by atoms with E-state index in [9.17, 15) is 8.42 Å². The fourth-order valence-corrected chi connectivity index (χ4v) is 2.52. The van der Waals surface area contributed by atoms with Crippen molar-refractivity contribution in [3.8, 4) is 0 Å². The minimum Gasteiger partial charge on any atom is -0.396 e. The summed E-state index contributed by atoms with van der Waals surface area (Å²) in [4.78, 5) is 2.22. The maximum Gasteiger partial charge on any atom is 0.240 e. The molecule has 6 nitrogen and oxygen atoms in total. The van der Waals surface area contributed by atoms with Gasteiger partial charge in [0.2, 0.25) is 10.0 Å². The molecule has 19 heavy (non-hydrogen) atoms. The van der Waals surface area contributed by atoms with E-state index in [-0.39, 0.29) is 10.6 Å². The first-order chi connectivity index (χ1) is 8.90.